The third kappa shape index (κ3) is 4.91. The van der Waals surface area contributed by atoms with Gasteiger partial charge >= 0.3 is 0 Å². The first kappa shape index (κ1) is 22.2. The fourth-order valence-electron chi connectivity index (χ4n) is 3.57. The molecule has 0 saturated carbocycles. The van der Waals surface area contributed by atoms with E-state index in [-0.39, 0.29) is 17.4 Å². The minimum absolute atomic E-state index is 0.0196. The van der Waals surface area contributed by atoms with Crippen molar-refractivity contribution in [3.05, 3.63) is 96.1 Å². The number of amides is 3. The van der Waals surface area contributed by atoms with Gasteiger partial charge in [-0.3, -0.25) is 24.7 Å². The Bertz CT molecular complexity index is 1200. The number of benzene rings is 3. The van der Waals surface area contributed by atoms with Crippen molar-refractivity contribution in [1.82, 2.24) is 10.4 Å². The summed E-state index contributed by atoms with van der Waals surface area (Å²) in [5, 5.41) is 4.14. The fraction of sp³-hybridized carbons (Fsp3) is 0.120. The molecule has 0 aromatic heterocycles. The van der Waals surface area contributed by atoms with Crippen LogP contribution in [0.5, 0.6) is 0 Å². The van der Waals surface area contributed by atoms with Crippen LogP contribution in [0.25, 0.3) is 0 Å². The van der Waals surface area contributed by atoms with Crippen LogP contribution in [0.2, 0.25) is 0 Å². The number of hydrogen-bond acceptors (Lipinski definition) is 4. The van der Waals surface area contributed by atoms with Gasteiger partial charge in [-0.15, -0.1) is 0 Å². The third-order valence-corrected chi connectivity index (χ3v) is 5.57. The van der Waals surface area contributed by atoms with E-state index in [1.165, 1.54) is 9.91 Å². The minimum atomic E-state index is -1.02. The van der Waals surface area contributed by atoms with Crippen LogP contribution in [0.4, 0.5) is 11.4 Å². The van der Waals surface area contributed by atoms with E-state index in [1.54, 1.807) is 60.7 Å². The van der Waals surface area contributed by atoms with Gasteiger partial charge in [-0.25, -0.2) is 5.01 Å². The molecule has 7 nitrogen and oxygen atoms in total. The molecule has 1 atom stereocenters. The quantitative estimate of drug-likeness (QED) is 0.570. The van der Waals surface area contributed by atoms with Crippen LogP contribution in [0.15, 0.2) is 84.9 Å². The summed E-state index contributed by atoms with van der Waals surface area (Å²) in [7, 11) is 0. The number of aryl methyl sites for hydroxylation is 1. The van der Waals surface area contributed by atoms with Gasteiger partial charge < -0.3 is 5.32 Å². The molecule has 2 N–H and O–H groups in total. The number of carbonyl (C=O) groups excluding carboxylic acids is 3. The smallest absolute Gasteiger partial charge is 0.269 e. The highest BCUT2D eigenvalue weighted by Crippen LogP contribution is 2.25. The maximum Gasteiger partial charge on any atom is 0.269 e. The number of rotatable bonds is 5. The Morgan fingerprint density at radius 1 is 0.939 bits per heavy atom. The first-order valence-corrected chi connectivity index (χ1v) is 10.8. The van der Waals surface area contributed by atoms with E-state index in [0.717, 1.165) is 5.56 Å². The first-order chi connectivity index (χ1) is 15.9. The standard InChI is InChI=1S/C25H22N4O3S/c1-17-9-8-12-19(15-17)26-24(32)21-16-22(30)28(20-13-6-3-7-14-20)25(33)29(21)27-23(31)18-10-4-2-5-11-18/h2-15,21H,16H2,1H3,(H,26,32)(H,27,31). The SMILES string of the molecule is Cc1cccc(NC(=O)C2CC(=O)N(c3ccccc3)C(=S)N2NC(=O)c2ccccc2)c1. The van der Waals surface area contributed by atoms with Crippen molar-refractivity contribution < 1.29 is 14.4 Å². The summed E-state index contributed by atoms with van der Waals surface area (Å²) in [5.41, 5.74) is 5.27. The van der Waals surface area contributed by atoms with E-state index in [9.17, 15) is 14.4 Å². The number of hydrazine groups is 1. The number of para-hydroxylation sites is 1. The Morgan fingerprint density at radius 3 is 2.27 bits per heavy atom. The van der Waals surface area contributed by atoms with E-state index in [0.29, 0.717) is 16.9 Å². The number of thiocarbonyl (C=S) groups is 1. The van der Waals surface area contributed by atoms with Gasteiger partial charge in [0.05, 0.1) is 12.1 Å². The molecular weight excluding hydrogens is 436 g/mol. The lowest BCUT2D eigenvalue weighted by molar-refractivity contribution is -0.127. The highest BCUT2D eigenvalue weighted by Gasteiger charge is 2.41. The average molecular weight is 459 g/mol. The Hall–Kier alpha value is -4.04. The van der Waals surface area contributed by atoms with Crippen molar-refractivity contribution in [1.29, 1.82) is 0 Å². The molecule has 3 aromatic rings. The number of nitrogens with zero attached hydrogens (tertiary/aromatic N) is 2. The Morgan fingerprint density at radius 2 is 1.61 bits per heavy atom. The van der Waals surface area contributed by atoms with Crippen LogP contribution in [-0.2, 0) is 9.59 Å². The maximum absolute atomic E-state index is 13.2. The minimum Gasteiger partial charge on any atom is -0.324 e. The van der Waals surface area contributed by atoms with Crippen LogP contribution in [-0.4, -0.2) is 33.9 Å². The summed E-state index contributed by atoms with van der Waals surface area (Å²) in [5.74, 6) is -1.22. The lowest BCUT2D eigenvalue weighted by Gasteiger charge is -2.41. The molecule has 1 heterocycles. The Kier molecular flexibility index (Phi) is 6.46. The monoisotopic (exact) mass is 458 g/mol. The van der Waals surface area contributed by atoms with Crippen molar-refractivity contribution in [2.24, 2.45) is 0 Å². The number of nitrogens with one attached hydrogen (secondary N) is 2. The molecule has 3 amide bonds. The third-order valence-electron chi connectivity index (χ3n) is 5.19. The molecule has 0 spiro atoms. The highest BCUT2D eigenvalue weighted by molar-refractivity contribution is 7.80. The molecule has 8 heteroatoms. The van der Waals surface area contributed by atoms with E-state index in [4.69, 9.17) is 12.2 Å². The molecule has 33 heavy (non-hydrogen) atoms. The molecule has 1 saturated heterocycles. The summed E-state index contributed by atoms with van der Waals surface area (Å²) < 4.78 is 0. The number of hydrogen-bond donors (Lipinski definition) is 2. The molecule has 0 aliphatic carbocycles. The molecule has 3 aromatic carbocycles. The summed E-state index contributed by atoms with van der Waals surface area (Å²) in [6.45, 7) is 1.92. The van der Waals surface area contributed by atoms with E-state index in [2.05, 4.69) is 10.7 Å². The molecule has 4 rings (SSSR count). The summed E-state index contributed by atoms with van der Waals surface area (Å²) >= 11 is 5.59. The first-order valence-electron chi connectivity index (χ1n) is 10.4. The van der Waals surface area contributed by atoms with Crippen LogP contribution < -0.4 is 15.6 Å². The van der Waals surface area contributed by atoms with E-state index < -0.39 is 17.9 Å². The number of carbonyl (C=O) groups is 3. The summed E-state index contributed by atoms with van der Waals surface area (Å²) in [4.78, 5) is 40.5. The predicted octanol–water partition coefficient (Wildman–Crippen LogP) is 3.67. The molecule has 1 aliphatic rings. The zero-order valence-corrected chi connectivity index (χ0v) is 18.7. The van der Waals surface area contributed by atoms with E-state index in [1.807, 2.05) is 31.2 Å². The molecule has 1 fully saturated rings. The van der Waals surface area contributed by atoms with Crippen LogP contribution >= 0.6 is 12.2 Å². The Balaban J connectivity index is 1.64. The molecule has 1 unspecified atom stereocenters. The van der Waals surface area contributed by atoms with Gasteiger partial charge in [0.25, 0.3) is 5.91 Å². The summed E-state index contributed by atoms with van der Waals surface area (Å²) in [6, 6.07) is 23.8. The second kappa shape index (κ2) is 9.62. The van der Waals surface area contributed by atoms with Crippen LogP contribution in [0.3, 0.4) is 0 Å². The molecule has 0 radical (unpaired) electrons. The molecule has 0 bridgehead atoms. The highest BCUT2D eigenvalue weighted by atomic mass is 32.1. The molecule has 166 valence electrons. The van der Waals surface area contributed by atoms with Gasteiger partial charge in [-0.05, 0) is 61.1 Å². The van der Waals surface area contributed by atoms with Gasteiger partial charge in [0, 0.05) is 11.3 Å². The van der Waals surface area contributed by atoms with E-state index >= 15 is 0 Å². The van der Waals surface area contributed by atoms with Crippen molar-refractivity contribution in [3.8, 4) is 0 Å². The summed E-state index contributed by atoms with van der Waals surface area (Å²) in [6.07, 6.45) is -0.165. The van der Waals surface area contributed by atoms with Crippen LogP contribution in [0, 0.1) is 6.92 Å². The van der Waals surface area contributed by atoms with Gasteiger partial charge in [0.2, 0.25) is 16.9 Å². The van der Waals surface area contributed by atoms with Gasteiger partial charge in [-0.1, -0.05) is 48.5 Å². The second-order valence-electron chi connectivity index (χ2n) is 7.60. The fourth-order valence-corrected chi connectivity index (χ4v) is 3.95. The van der Waals surface area contributed by atoms with Crippen LogP contribution in [0.1, 0.15) is 22.3 Å². The molecular formula is C25H22N4O3S. The second-order valence-corrected chi connectivity index (χ2v) is 7.97. The Labute approximate surface area is 197 Å². The van der Waals surface area contributed by atoms with Crippen molar-refractivity contribution in [3.63, 3.8) is 0 Å². The zero-order chi connectivity index (χ0) is 23.4. The van der Waals surface area contributed by atoms with Gasteiger partial charge in [0.1, 0.15) is 6.04 Å². The topological polar surface area (TPSA) is 81.8 Å². The average Bonchev–Trinajstić information content (AvgIpc) is 2.82. The van der Waals surface area contributed by atoms with Gasteiger partial charge in [-0.2, -0.15) is 0 Å². The van der Waals surface area contributed by atoms with Gasteiger partial charge in [0.15, 0.2) is 0 Å². The number of anilines is 2. The lowest BCUT2D eigenvalue weighted by Crippen LogP contribution is -2.65. The normalized spacial score (nSPS) is 15.8. The molecule has 1 aliphatic heterocycles. The van der Waals surface area contributed by atoms with Crippen molar-refractivity contribution >= 4 is 46.4 Å². The van der Waals surface area contributed by atoms with Crippen molar-refractivity contribution in [2.45, 2.75) is 19.4 Å². The zero-order valence-electron chi connectivity index (χ0n) is 17.9. The largest absolute Gasteiger partial charge is 0.324 e. The maximum atomic E-state index is 13.2. The predicted molar refractivity (Wildman–Crippen MR) is 130 cm³/mol. The lowest BCUT2D eigenvalue weighted by atomic mass is 10.1. The van der Waals surface area contributed by atoms with Crippen molar-refractivity contribution in [2.75, 3.05) is 10.2 Å².